The maximum absolute atomic E-state index is 9.87. The largest absolute Gasteiger partial charge is 0.388 e. The van der Waals surface area contributed by atoms with Crippen LogP contribution in [-0.4, -0.2) is 5.11 Å². The van der Waals surface area contributed by atoms with Crippen LogP contribution in [0.15, 0.2) is 10.8 Å². The molecule has 0 aromatic carbocycles. The zero-order chi connectivity index (χ0) is 9.26. The van der Waals surface area contributed by atoms with Crippen molar-refractivity contribution < 1.29 is 5.11 Å². The minimum absolute atomic E-state index is 0.216. The van der Waals surface area contributed by atoms with Gasteiger partial charge in [0.15, 0.2) is 0 Å². The van der Waals surface area contributed by atoms with E-state index in [1.165, 1.54) is 24.8 Å². The molecule has 0 aliphatic heterocycles. The molecule has 72 valence electrons. The number of hydrogen-bond acceptors (Lipinski definition) is 2. The summed E-state index contributed by atoms with van der Waals surface area (Å²) < 4.78 is 0. The number of hydrogen-bond donors (Lipinski definition) is 1. The molecule has 0 saturated heterocycles. The zero-order valence-electron chi connectivity index (χ0n) is 7.99. The van der Waals surface area contributed by atoms with Crippen molar-refractivity contribution in [1.29, 1.82) is 0 Å². The van der Waals surface area contributed by atoms with E-state index in [0.717, 1.165) is 17.9 Å². The quantitative estimate of drug-likeness (QED) is 0.783. The molecule has 0 radical (unpaired) electrons. The Bertz CT molecular complexity index is 275. The molecule has 1 atom stereocenters. The van der Waals surface area contributed by atoms with E-state index < -0.39 is 0 Å². The minimum atomic E-state index is -0.216. The third-order valence-electron chi connectivity index (χ3n) is 2.80. The average molecular weight is 196 g/mol. The van der Waals surface area contributed by atoms with Crippen molar-refractivity contribution in [2.24, 2.45) is 5.92 Å². The fourth-order valence-electron chi connectivity index (χ4n) is 1.67. The number of thiophene rings is 1. The Labute approximate surface area is 83.4 Å². The van der Waals surface area contributed by atoms with Gasteiger partial charge >= 0.3 is 0 Å². The highest BCUT2D eigenvalue weighted by Gasteiger charge is 2.22. The first-order chi connectivity index (χ1) is 6.27. The first-order valence-corrected chi connectivity index (χ1v) is 5.92. The fourth-order valence-corrected chi connectivity index (χ4v) is 2.57. The molecule has 2 rings (SSSR count). The van der Waals surface area contributed by atoms with Gasteiger partial charge in [-0.15, -0.1) is 0 Å². The summed E-state index contributed by atoms with van der Waals surface area (Å²) in [6, 6.07) is 0. The first kappa shape index (κ1) is 9.22. The zero-order valence-corrected chi connectivity index (χ0v) is 8.81. The van der Waals surface area contributed by atoms with Crippen LogP contribution in [0.3, 0.4) is 0 Å². The lowest BCUT2D eigenvalue weighted by Gasteiger charge is -2.09. The van der Waals surface area contributed by atoms with Crippen LogP contribution >= 0.6 is 11.3 Å². The van der Waals surface area contributed by atoms with Gasteiger partial charge in [-0.1, -0.05) is 12.8 Å². The van der Waals surface area contributed by atoms with Gasteiger partial charge in [-0.3, -0.25) is 0 Å². The summed E-state index contributed by atoms with van der Waals surface area (Å²) in [5.74, 6) is 0.925. The Balaban J connectivity index is 1.88. The summed E-state index contributed by atoms with van der Waals surface area (Å²) in [7, 11) is 0. The van der Waals surface area contributed by atoms with Crippen molar-refractivity contribution in [3.63, 3.8) is 0 Å². The number of aryl methyl sites for hydroxylation is 1. The lowest BCUT2D eigenvalue weighted by molar-refractivity contribution is 0.162. The average Bonchev–Trinajstić information content (AvgIpc) is 2.84. The van der Waals surface area contributed by atoms with Crippen LogP contribution in [0.4, 0.5) is 0 Å². The second-order valence-corrected chi connectivity index (χ2v) is 4.79. The Morgan fingerprint density at radius 3 is 2.85 bits per heavy atom. The number of aliphatic hydroxyl groups excluding tert-OH is 1. The molecule has 1 aromatic rings. The predicted molar refractivity (Wildman–Crippen MR) is 56.0 cm³/mol. The summed E-state index contributed by atoms with van der Waals surface area (Å²) in [6.07, 6.45) is 4.70. The minimum Gasteiger partial charge on any atom is -0.388 e. The highest BCUT2D eigenvalue weighted by Crippen LogP contribution is 2.36. The Kier molecular flexibility index (Phi) is 2.70. The molecule has 1 unspecified atom stereocenters. The van der Waals surface area contributed by atoms with Gasteiger partial charge in [-0.25, -0.2) is 0 Å². The third kappa shape index (κ3) is 2.32. The van der Waals surface area contributed by atoms with E-state index in [-0.39, 0.29) is 6.10 Å². The summed E-state index contributed by atoms with van der Waals surface area (Å²) in [6.45, 7) is 2.08. The summed E-state index contributed by atoms with van der Waals surface area (Å²) in [5.41, 5.74) is 2.39. The smallest absolute Gasteiger partial charge is 0.0800 e. The molecule has 1 N–H and O–H groups in total. The first-order valence-electron chi connectivity index (χ1n) is 4.98. The Morgan fingerprint density at radius 2 is 2.31 bits per heavy atom. The molecular weight excluding hydrogens is 180 g/mol. The van der Waals surface area contributed by atoms with Crippen LogP contribution < -0.4 is 0 Å². The van der Waals surface area contributed by atoms with E-state index >= 15 is 0 Å². The van der Waals surface area contributed by atoms with Crippen LogP contribution in [0, 0.1) is 12.8 Å². The van der Waals surface area contributed by atoms with Crippen LogP contribution in [0.1, 0.15) is 42.9 Å². The van der Waals surface area contributed by atoms with Gasteiger partial charge in [0.2, 0.25) is 0 Å². The van der Waals surface area contributed by atoms with Gasteiger partial charge in [0, 0.05) is 0 Å². The SMILES string of the molecule is Cc1cscc1C(O)CCC1CC1. The van der Waals surface area contributed by atoms with Crippen LogP contribution in [0.25, 0.3) is 0 Å². The molecule has 0 bridgehead atoms. The van der Waals surface area contributed by atoms with Crippen LogP contribution in [0.2, 0.25) is 0 Å². The molecule has 1 heterocycles. The molecule has 1 aliphatic carbocycles. The van der Waals surface area contributed by atoms with E-state index in [4.69, 9.17) is 0 Å². The van der Waals surface area contributed by atoms with Crippen LogP contribution in [0.5, 0.6) is 0 Å². The molecule has 1 aromatic heterocycles. The highest BCUT2D eigenvalue weighted by atomic mass is 32.1. The standard InChI is InChI=1S/C11H16OS/c1-8-6-13-7-10(8)11(12)5-4-9-2-3-9/h6-7,9,11-12H,2-5H2,1H3. The van der Waals surface area contributed by atoms with E-state index in [2.05, 4.69) is 17.7 Å². The second-order valence-electron chi connectivity index (χ2n) is 4.05. The number of aliphatic hydroxyl groups is 1. The van der Waals surface area contributed by atoms with Gasteiger partial charge < -0.3 is 5.11 Å². The summed E-state index contributed by atoms with van der Waals surface area (Å²) in [5, 5.41) is 14.1. The molecule has 1 fully saturated rings. The van der Waals surface area contributed by atoms with Crippen molar-refractivity contribution in [2.75, 3.05) is 0 Å². The molecule has 0 spiro atoms. The monoisotopic (exact) mass is 196 g/mol. The van der Waals surface area contributed by atoms with E-state index in [1.54, 1.807) is 11.3 Å². The highest BCUT2D eigenvalue weighted by molar-refractivity contribution is 7.08. The Morgan fingerprint density at radius 1 is 1.54 bits per heavy atom. The molecule has 2 heteroatoms. The van der Waals surface area contributed by atoms with Crippen LogP contribution in [-0.2, 0) is 0 Å². The van der Waals surface area contributed by atoms with Crippen molar-refractivity contribution in [2.45, 2.75) is 38.7 Å². The maximum Gasteiger partial charge on any atom is 0.0800 e. The van der Waals surface area contributed by atoms with E-state index in [9.17, 15) is 5.11 Å². The van der Waals surface area contributed by atoms with E-state index in [0.29, 0.717) is 0 Å². The molecule has 0 amide bonds. The van der Waals surface area contributed by atoms with Gasteiger partial charge in [-0.2, -0.15) is 11.3 Å². The predicted octanol–water partition coefficient (Wildman–Crippen LogP) is 3.28. The van der Waals surface area contributed by atoms with Crippen molar-refractivity contribution in [3.8, 4) is 0 Å². The lowest BCUT2D eigenvalue weighted by Crippen LogP contribution is -1.97. The summed E-state index contributed by atoms with van der Waals surface area (Å²) >= 11 is 1.68. The number of rotatable bonds is 4. The van der Waals surface area contributed by atoms with Gasteiger partial charge in [0.1, 0.15) is 0 Å². The third-order valence-corrected chi connectivity index (χ3v) is 3.68. The fraction of sp³-hybridized carbons (Fsp3) is 0.636. The molecule has 1 saturated carbocycles. The molecule has 1 nitrogen and oxygen atoms in total. The van der Waals surface area contributed by atoms with Crippen molar-refractivity contribution >= 4 is 11.3 Å². The van der Waals surface area contributed by atoms with Gasteiger partial charge in [0.05, 0.1) is 6.10 Å². The van der Waals surface area contributed by atoms with Crippen molar-refractivity contribution in [1.82, 2.24) is 0 Å². The maximum atomic E-state index is 9.87. The van der Waals surface area contributed by atoms with Gasteiger partial charge in [0.25, 0.3) is 0 Å². The summed E-state index contributed by atoms with van der Waals surface area (Å²) in [4.78, 5) is 0. The molecular formula is C11H16OS. The second kappa shape index (κ2) is 3.81. The Hall–Kier alpha value is -0.340. The van der Waals surface area contributed by atoms with E-state index in [1.807, 2.05) is 0 Å². The molecule has 1 aliphatic rings. The van der Waals surface area contributed by atoms with Gasteiger partial charge in [-0.05, 0) is 47.6 Å². The molecule has 13 heavy (non-hydrogen) atoms. The lowest BCUT2D eigenvalue weighted by atomic mass is 10.0. The topological polar surface area (TPSA) is 20.2 Å². The normalized spacial score (nSPS) is 18.9. The van der Waals surface area contributed by atoms with Crippen molar-refractivity contribution in [3.05, 3.63) is 21.9 Å².